The Morgan fingerprint density at radius 1 is 1.06 bits per heavy atom. The Morgan fingerprint density at radius 3 is 2.45 bits per heavy atom. The molecule has 1 atom stereocenters. The molecule has 1 aliphatic rings. The van der Waals surface area contributed by atoms with Crippen molar-refractivity contribution in [2.24, 2.45) is 0 Å². The average Bonchev–Trinajstić information content (AvgIpc) is 3.10. The highest BCUT2D eigenvalue weighted by molar-refractivity contribution is 8.26. The molecule has 0 aromatic heterocycles. The third-order valence-corrected chi connectivity index (χ3v) is 6.92. The summed E-state index contributed by atoms with van der Waals surface area (Å²) in [5.74, 6) is 2.64. The topological polar surface area (TPSA) is 48.0 Å². The number of likely N-dealkylation sites (N-methyl/N-ethyl adjacent to an activating group) is 1. The molecular weight excluding hydrogens is 454 g/mol. The van der Waals surface area contributed by atoms with Crippen LogP contribution in [0.4, 0.5) is 0 Å². The highest BCUT2D eigenvalue weighted by atomic mass is 32.2. The number of ether oxygens (including phenoxy) is 3. The summed E-state index contributed by atoms with van der Waals surface area (Å²) in [6.07, 6.45) is 3.66. The molecular formula is C26H31NO4S2. The minimum absolute atomic E-state index is 0.0540. The van der Waals surface area contributed by atoms with Gasteiger partial charge in [0.05, 0.1) is 25.2 Å². The number of hydrogen-bond donors (Lipinski definition) is 0. The minimum atomic E-state index is -0.0540. The highest BCUT2D eigenvalue weighted by Crippen LogP contribution is 2.34. The first-order chi connectivity index (χ1) is 16.0. The predicted octanol–water partition coefficient (Wildman–Crippen LogP) is 6.28. The van der Waals surface area contributed by atoms with Crippen molar-refractivity contribution in [2.45, 2.75) is 39.5 Å². The van der Waals surface area contributed by atoms with Gasteiger partial charge in [-0.3, -0.25) is 9.69 Å². The van der Waals surface area contributed by atoms with E-state index in [9.17, 15) is 4.79 Å². The lowest BCUT2D eigenvalue weighted by Gasteiger charge is -2.16. The third-order valence-electron chi connectivity index (χ3n) is 5.54. The van der Waals surface area contributed by atoms with Crippen LogP contribution in [-0.4, -0.2) is 42.0 Å². The van der Waals surface area contributed by atoms with E-state index in [0.717, 1.165) is 24.2 Å². The Kier molecular flexibility index (Phi) is 9.21. The van der Waals surface area contributed by atoms with Crippen LogP contribution < -0.4 is 14.2 Å². The molecule has 176 valence electrons. The monoisotopic (exact) mass is 485 g/mol. The van der Waals surface area contributed by atoms with Gasteiger partial charge in [-0.25, -0.2) is 0 Å². The molecule has 2 aromatic carbocycles. The number of nitrogens with zero attached hydrogens (tertiary/aromatic N) is 1. The number of benzene rings is 2. The first kappa shape index (κ1) is 25.1. The summed E-state index contributed by atoms with van der Waals surface area (Å²) in [5.41, 5.74) is 2.11. The fourth-order valence-corrected chi connectivity index (χ4v) is 4.86. The Labute approximate surface area is 206 Å². The quantitative estimate of drug-likeness (QED) is 0.212. The Morgan fingerprint density at radius 2 is 1.79 bits per heavy atom. The van der Waals surface area contributed by atoms with E-state index in [1.165, 1.54) is 17.3 Å². The van der Waals surface area contributed by atoms with Crippen molar-refractivity contribution in [3.63, 3.8) is 0 Å². The number of para-hydroxylation sites is 1. The van der Waals surface area contributed by atoms with Crippen LogP contribution in [0.1, 0.15) is 50.7 Å². The summed E-state index contributed by atoms with van der Waals surface area (Å²) in [6, 6.07) is 13.9. The molecule has 0 spiro atoms. The molecule has 1 fully saturated rings. The number of carbonyl (C=O) groups excluding carboxylic acids is 1. The van der Waals surface area contributed by atoms with Gasteiger partial charge in [0.15, 0.2) is 11.5 Å². The third kappa shape index (κ3) is 6.30. The van der Waals surface area contributed by atoms with E-state index >= 15 is 0 Å². The second-order valence-electron chi connectivity index (χ2n) is 7.73. The van der Waals surface area contributed by atoms with Crippen LogP contribution in [0.5, 0.6) is 17.2 Å². The molecule has 0 radical (unpaired) electrons. The summed E-state index contributed by atoms with van der Waals surface area (Å²) in [7, 11) is 1.61. The van der Waals surface area contributed by atoms with Gasteiger partial charge in [-0.15, -0.1) is 0 Å². The molecule has 1 amide bonds. The van der Waals surface area contributed by atoms with Crippen molar-refractivity contribution in [2.75, 3.05) is 26.9 Å². The predicted molar refractivity (Wildman–Crippen MR) is 139 cm³/mol. The zero-order chi connectivity index (χ0) is 23.8. The molecule has 0 N–H and O–H groups in total. The molecule has 0 bridgehead atoms. The Bertz CT molecular complexity index is 1020. The van der Waals surface area contributed by atoms with Crippen LogP contribution in [0.2, 0.25) is 0 Å². The average molecular weight is 486 g/mol. The minimum Gasteiger partial charge on any atom is -0.493 e. The smallest absolute Gasteiger partial charge is 0.266 e. The maximum Gasteiger partial charge on any atom is 0.266 e. The van der Waals surface area contributed by atoms with Gasteiger partial charge >= 0.3 is 0 Å². The van der Waals surface area contributed by atoms with Gasteiger partial charge < -0.3 is 14.2 Å². The number of carbonyl (C=O) groups is 1. The fraction of sp³-hybridized carbons (Fsp3) is 0.385. The van der Waals surface area contributed by atoms with Gasteiger partial charge in [-0.05, 0) is 54.7 Å². The van der Waals surface area contributed by atoms with Gasteiger partial charge in [0.2, 0.25) is 0 Å². The Balaban J connectivity index is 1.56. The van der Waals surface area contributed by atoms with Gasteiger partial charge in [0.25, 0.3) is 5.91 Å². The highest BCUT2D eigenvalue weighted by Gasteiger charge is 2.30. The largest absolute Gasteiger partial charge is 0.493 e. The molecule has 1 heterocycles. The van der Waals surface area contributed by atoms with Gasteiger partial charge in [-0.1, -0.05) is 62.1 Å². The van der Waals surface area contributed by atoms with Crippen LogP contribution in [0, 0.1) is 0 Å². The van der Waals surface area contributed by atoms with E-state index in [-0.39, 0.29) is 5.91 Å². The van der Waals surface area contributed by atoms with E-state index in [1.54, 1.807) is 12.0 Å². The zero-order valence-electron chi connectivity index (χ0n) is 19.6. The number of thioether (sulfide) groups is 1. The molecule has 2 aromatic rings. The van der Waals surface area contributed by atoms with Crippen LogP contribution >= 0.6 is 24.0 Å². The number of methoxy groups -OCH3 is 1. The SMILES string of the molecule is CC[C@H](C)c1ccccc1OCCCOc1ccc(/C=C2\SC(=S)N(CC)C2=O)cc1OC. The first-order valence-electron chi connectivity index (χ1n) is 11.3. The molecule has 0 unspecified atom stereocenters. The Hall–Kier alpha value is -2.51. The number of thiocarbonyl (C=S) groups is 1. The van der Waals surface area contributed by atoms with E-state index in [1.807, 2.05) is 43.3 Å². The van der Waals surface area contributed by atoms with Crippen molar-refractivity contribution >= 4 is 40.3 Å². The normalized spacial score (nSPS) is 15.8. The van der Waals surface area contributed by atoms with Crippen LogP contribution in [0.3, 0.4) is 0 Å². The second-order valence-corrected chi connectivity index (χ2v) is 9.41. The van der Waals surface area contributed by atoms with Gasteiger partial charge in [-0.2, -0.15) is 0 Å². The zero-order valence-corrected chi connectivity index (χ0v) is 21.3. The summed E-state index contributed by atoms with van der Waals surface area (Å²) >= 11 is 6.60. The maximum atomic E-state index is 12.4. The molecule has 7 heteroatoms. The first-order valence-corrected chi connectivity index (χ1v) is 12.5. The molecule has 0 saturated carbocycles. The molecule has 3 rings (SSSR count). The molecule has 5 nitrogen and oxygen atoms in total. The van der Waals surface area contributed by atoms with Crippen LogP contribution in [-0.2, 0) is 4.79 Å². The summed E-state index contributed by atoms with van der Waals surface area (Å²) < 4.78 is 18.1. The van der Waals surface area contributed by atoms with E-state index in [4.69, 9.17) is 26.4 Å². The lowest BCUT2D eigenvalue weighted by Crippen LogP contribution is -2.27. The molecule has 33 heavy (non-hydrogen) atoms. The van der Waals surface area contributed by atoms with Gasteiger partial charge in [0, 0.05) is 13.0 Å². The van der Waals surface area contributed by atoms with E-state index in [0.29, 0.717) is 46.4 Å². The maximum absolute atomic E-state index is 12.4. The van der Waals surface area contributed by atoms with Crippen molar-refractivity contribution in [1.29, 1.82) is 0 Å². The molecule has 1 saturated heterocycles. The fourth-order valence-electron chi connectivity index (χ4n) is 3.48. The standard InChI is InChI=1S/C26H31NO4S2/c1-5-18(3)20-10-7-8-11-21(20)30-14-9-15-31-22-13-12-19(16-23(22)29-4)17-24-25(28)27(6-2)26(32)33-24/h7-8,10-13,16-18H,5-6,9,14-15H2,1-4H3/b24-17-/t18-/m0/s1. The summed E-state index contributed by atoms with van der Waals surface area (Å²) in [4.78, 5) is 14.7. The molecule has 0 aliphatic carbocycles. The van der Waals surface area contributed by atoms with Crippen molar-refractivity contribution in [3.05, 3.63) is 58.5 Å². The van der Waals surface area contributed by atoms with Gasteiger partial charge in [0.1, 0.15) is 10.1 Å². The number of hydrogen-bond acceptors (Lipinski definition) is 6. The van der Waals surface area contributed by atoms with Crippen molar-refractivity contribution in [1.82, 2.24) is 4.90 Å². The van der Waals surface area contributed by atoms with E-state index < -0.39 is 0 Å². The molecule has 1 aliphatic heterocycles. The van der Waals surface area contributed by atoms with Crippen molar-refractivity contribution < 1.29 is 19.0 Å². The lowest BCUT2D eigenvalue weighted by molar-refractivity contribution is -0.121. The summed E-state index contributed by atoms with van der Waals surface area (Å²) in [6.45, 7) is 7.98. The van der Waals surface area contributed by atoms with Crippen molar-refractivity contribution in [3.8, 4) is 17.2 Å². The number of rotatable bonds is 11. The summed E-state index contributed by atoms with van der Waals surface area (Å²) in [5, 5.41) is 0. The lowest BCUT2D eigenvalue weighted by atomic mass is 9.98. The second kappa shape index (κ2) is 12.1. The van der Waals surface area contributed by atoms with Crippen LogP contribution in [0.15, 0.2) is 47.4 Å². The van der Waals surface area contributed by atoms with E-state index in [2.05, 4.69) is 26.0 Å². The number of amides is 1. The van der Waals surface area contributed by atoms with Crippen LogP contribution in [0.25, 0.3) is 6.08 Å².